The molecule has 14 heteroatoms. The molecule has 2 aromatic heterocycles. The summed E-state index contributed by atoms with van der Waals surface area (Å²) >= 11 is 3.34. The van der Waals surface area contributed by atoms with Crippen molar-refractivity contribution in [2.24, 2.45) is 5.92 Å². The second-order valence-electron chi connectivity index (χ2n) is 8.53. The molecule has 0 radical (unpaired) electrons. The standard InChI is InChI=1S/C22H28BrN6O6P/c1-4-33-20-18-19(26-22(24)27-20)29(12-25-18)16-9-14(10-16)11-34-36(32,28(3)13(2)21(30)31)35-17-7-5-15(23)6-8-17/h5-8,12-14,16H,4,9-11H2,1-3H3,(H,30,31)(H2,24,26,27). The predicted octanol–water partition coefficient (Wildman–Crippen LogP) is 4.13. The average Bonchev–Trinajstić information content (AvgIpc) is 3.22. The number of carboxylic acid groups (broad SMARTS) is 1. The van der Waals surface area contributed by atoms with Gasteiger partial charge >= 0.3 is 13.7 Å². The Morgan fingerprint density at radius 2 is 2.03 bits per heavy atom. The van der Waals surface area contributed by atoms with Crippen molar-refractivity contribution >= 4 is 46.8 Å². The van der Waals surface area contributed by atoms with Crippen molar-refractivity contribution in [1.82, 2.24) is 24.2 Å². The fourth-order valence-corrected chi connectivity index (χ4v) is 5.80. The van der Waals surface area contributed by atoms with Gasteiger partial charge in [0.15, 0.2) is 11.2 Å². The molecule has 1 aromatic carbocycles. The third-order valence-corrected chi connectivity index (χ3v) is 8.67. The number of carbonyl (C=O) groups is 1. The smallest absolute Gasteiger partial charge is 0.461 e. The number of hydrogen-bond donors (Lipinski definition) is 2. The van der Waals surface area contributed by atoms with Gasteiger partial charge in [0.1, 0.15) is 11.8 Å². The van der Waals surface area contributed by atoms with Gasteiger partial charge in [-0.2, -0.15) is 14.6 Å². The Labute approximate surface area is 216 Å². The molecule has 36 heavy (non-hydrogen) atoms. The molecular weight excluding hydrogens is 555 g/mol. The van der Waals surface area contributed by atoms with Crippen LogP contribution in [0, 0.1) is 5.92 Å². The number of carboxylic acids is 1. The Kier molecular flexibility index (Phi) is 7.84. The van der Waals surface area contributed by atoms with Crippen LogP contribution >= 0.6 is 23.7 Å². The van der Waals surface area contributed by atoms with Gasteiger partial charge in [0, 0.05) is 10.5 Å². The fourth-order valence-electron chi connectivity index (χ4n) is 3.86. The number of imidazole rings is 1. The van der Waals surface area contributed by atoms with Gasteiger partial charge in [-0.3, -0.25) is 9.32 Å². The van der Waals surface area contributed by atoms with Crippen molar-refractivity contribution in [2.75, 3.05) is 26.0 Å². The van der Waals surface area contributed by atoms with Gasteiger partial charge in [-0.25, -0.2) is 9.55 Å². The van der Waals surface area contributed by atoms with Gasteiger partial charge in [-0.1, -0.05) is 15.9 Å². The molecule has 0 bridgehead atoms. The molecule has 1 fully saturated rings. The zero-order chi connectivity index (χ0) is 26.0. The number of nitrogen functional groups attached to an aromatic ring is 1. The van der Waals surface area contributed by atoms with Crippen LogP contribution in [0.5, 0.6) is 11.6 Å². The maximum Gasteiger partial charge on any atom is 0.461 e. The number of anilines is 1. The van der Waals surface area contributed by atoms with E-state index in [1.165, 1.54) is 14.0 Å². The molecule has 0 amide bonds. The molecule has 2 heterocycles. The van der Waals surface area contributed by atoms with Crippen LogP contribution < -0.4 is 15.0 Å². The van der Waals surface area contributed by atoms with E-state index in [0.717, 1.165) is 22.0 Å². The van der Waals surface area contributed by atoms with Gasteiger partial charge in [-0.05, 0) is 63.9 Å². The van der Waals surface area contributed by atoms with Gasteiger partial charge in [0.25, 0.3) is 0 Å². The lowest BCUT2D eigenvalue weighted by Gasteiger charge is -2.37. The minimum absolute atomic E-state index is 0.0772. The quantitative estimate of drug-likeness (QED) is 0.313. The number of fused-ring (bicyclic) bond motifs is 1. The van der Waals surface area contributed by atoms with Gasteiger partial charge in [-0.15, -0.1) is 0 Å². The zero-order valence-electron chi connectivity index (χ0n) is 20.1. The third kappa shape index (κ3) is 5.49. The maximum atomic E-state index is 13.7. The summed E-state index contributed by atoms with van der Waals surface area (Å²) in [6.07, 6.45) is 3.12. The molecular formula is C22H28BrN6O6P. The summed E-state index contributed by atoms with van der Waals surface area (Å²) in [5.41, 5.74) is 6.99. The molecule has 194 valence electrons. The lowest BCUT2D eigenvalue weighted by molar-refractivity contribution is -0.140. The summed E-state index contributed by atoms with van der Waals surface area (Å²) < 4.78 is 34.7. The molecule has 3 N–H and O–H groups in total. The summed E-state index contributed by atoms with van der Waals surface area (Å²) in [6, 6.07) is 5.75. The van der Waals surface area contributed by atoms with E-state index in [2.05, 4.69) is 30.9 Å². The Morgan fingerprint density at radius 3 is 2.67 bits per heavy atom. The lowest BCUT2D eigenvalue weighted by Crippen LogP contribution is -2.36. The number of aliphatic carboxylic acids is 1. The molecule has 2 atom stereocenters. The van der Waals surface area contributed by atoms with Crippen LogP contribution in [0.25, 0.3) is 11.2 Å². The lowest BCUT2D eigenvalue weighted by atomic mass is 9.81. The Bertz CT molecular complexity index is 1280. The molecule has 1 aliphatic carbocycles. The Morgan fingerprint density at radius 1 is 1.33 bits per heavy atom. The third-order valence-electron chi connectivity index (χ3n) is 6.10. The topological polar surface area (TPSA) is 155 Å². The van der Waals surface area contributed by atoms with E-state index < -0.39 is 19.8 Å². The summed E-state index contributed by atoms with van der Waals surface area (Å²) in [5, 5.41) is 9.44. The Hall–Kier alpha value is -2.73. The Balaban J connectivity index is 1.45. The van der Waals surface area contributed by atoms with Crippen LogP contribution in [-0.2, 0) is 13.9 Å². The van der Waals surface area contributed by atoms with Crippen LogP contribution in [0.1, 0.15) is 32.7 Å². The summed E-state index contributed by atoms with van der Waals surface area (Å²) in [4.78, 5) is 24.4. The van der Waals surface area contributed by atoms with Crippen LogP contribution in [0.2, 0.25) is 0 Å². The number of hydrogen-bond acceptors (Lipinski definition) is 9. The van der Waals surface area contributed by atoms with E-state index in [4.69, 9.17) is 19.5 Å². The second kappa shape index (κ2) is 10.7. The van der Waals surface area contributed by atoms with Gasteiger partial charge < -0.3 is 24.7 Å². The highest BCUT2D eigenvalue weighted by atomic mass is 79.9. The van der Waals surface area contributed by atoms with Crippen molar-refractivity contribution < 1.29 is 28.3 Å². The van der Waals surface area contributed by atoms with E-state index in [0.29, 0.717) is 29.4 Å². The normalized spacial score (nSPS) is 20.0. The van der Waals surface area contributed by atoms with E-state index in [-0.39, 0.29) is 24.5 Å². The van der Waals surface area contributed by atoms with Crippen molar-refractivity contribution in [2.45, 2.75) is 38.8 Å². The SMILES string of the molecule is CCOc1nc(N)nc2c1ncn2C1CC(COP(=O)(Oc2ccc(Br)cc2)N(C)C(C)C(=O)O)C1. The minimum atomic E-state index is -3.97. The number of aromatic nitrogens is 4. The number of benzene rings is 1. The highest BCUT2D eigenvalue weighted by Crippen LogP contribution is 2.54. The van der Waals surface area contributed by atoms with Crippen LogP contribution in [-0.4, -0.2) is 61.6 Å². The molecule has 1 saturated carbocycles. The first-order valence-electron chi connectivity index (χ1n) is 11.4. The van der Waals surface area contributed by atoms with E-state index >= 15 is 0 Å². The first kappa shape index (κ1) is 26.3. The molecule has 1 aliphatic rings. The van der Waals surface area contributed by atoms with Crippen LogP contribution in [0.3, 0.4) is 0 Å². The maximum absolute atomic E-state index is 13.7. The molecule has 0 aliphatic heterocycles. The number of nitrogens with two attached hydrogens (primary N) is 1. The van der Waals surface area contributed by atoms with Crippen LogP contribution in [0.15, 0.2) is 35.1 Å². The predicted molar refractivity (Wildman–Crippen MR) is 136 cm³/mol. The van der Waals surface area contributed by atoms with Crippen molar-refractivity contribution in [3.63, 3.8) is 0 Å². The molecule has 4 rings (SSSR count). The minimum Gasteiger partial charge on any atom is -0.480 e. The van der Waals surface area contributed by atoms with E-state index in [1.54, 1.807) is 30.6 Å². The summed E-state index contributed by atoms with van der Waals surface area (Å²) in [7, 11) is -2.55. The number of halogens is 1. The first-order valence-corrected chi connectivity index (χ1v) is 13.7. The molecule has 0 spiro atoms. The number of likely N-dealkylation sites (N-methyl/N-ethyl adjacent to an activating group) is 1. The summed E-state index contributed by atoms with van der Waals surface area (Å²) in [5.74, 6) is -0.296. The molecule has 2 unspecified atom stereocenters. The highest BCUT2D eigenvalue weighted by molar-refractivity contribution is 9.10. The van der Waals surface area contributed by atoms with Crippen molar-refractivity contribution in [1.29, 1.82) is 0 Å². The monoisotopic (exact) mass is 582 g/mol. The van der Waals surface area contributed by atoms with E-state index in [9.17, 15) is 14.5 Å². The number of rotatable bonds is 11. The average molecular weight is 583 g/mol. The number of nitrogens with zero attached hydrogens (tertiary/aromatic N) is 5. The fraction of sp³-hybridized carbons (Fsp3) is 0.455. The molecule has 0 saturated heterocycles. The molecule has 12 nitrogen and oxygen atoms in total. The number of ether oxygens (including phenoxy) is 1. The van der Waals surface area contributed by atoms with E-state index in [1.807, 2.05) is 11.5 Å². The first-order chi connectivity index (χ1) is 17.1. The van der Waals surface area contributed by atoms with Crippen LogP contribution in [0.4, 0.5) is 5.95 Å². The zero-order valence-corrected chi connectivity index (χ0v) is 22.6. The highest BCUT2D eigenvalue weighted by Gasteiger charge is 2.41. The molecule has 3 aromatic rings. The van der Waals surface area contributed by atoms with Gasteiger partial charge in [0.2, 0.25) is 11.8 Å². The van der Waals surface area contributed by atoms with Crippen molar-refractivity contribution in [3.05, 3.63) is 35.1 Å². The second-order valence-corrected chi connectivity index (χ2v) is 11.5. The summed E-state index contributed by atoms with van der Waals surface area (Å²) in [6.45, 7) is 3.84. The van der Waals surface area contributed by atoms with Gasteiger partial charge in [0.05, 0.1) is 19.5 Å². The largest absolute Gasteiger partial charge is 0.480 e. The van der Waals surface area contributed by atoms with Crippen molar-refractivity contribution in [3.8, 4) is 11.6 Å².